The highest BCUT2D eigenvalue weighted by Crippen LogP contribution is 2.67. The molecule has 1 saturated heterocycles. The van der Waals surface area contributed by atoms with Crippen molar-refractivity contribution in [1.82, 2.24) is 5.32 Å². The van der Waals surface area contributed by atoms with E-state index < -0.39 is 0 Å². The second kappa shape index (κ2) is 3.55. The Bertz CT molecular complexity index is 381. The second-order valence-electron chi connectivity index (χ2n) is 4.99. The molecule has 3 heteroatoms. The fourth-order valence-corrected chi connectivity index (χ4v) is 3.53. The van der Waals surface area contributed by atoms with Gasteiger partial charge in [-0.05, 0) is 23.9 Å². The quantitative estimate of drug-likeness (QED) is 0.669. The van der Waals surface area contributed by atoms with Gasteiger partial charge < -0.3 is 16.2 Å². The van der Waals surface area contributed by atoms with Crippen LogP contribution in [-0.2, 0) is 0 Å². The molecule has 1 aliphatic heterocycles. The molecule has 1 heterocycles. The first-order valence-electron chi connectivity index (χ1n) is 5.94. The van der Waals surface area contributed by atoms with Crippen molar-refractivity contribution in [1.29, 1.82) is 0 Å². The third-order valence-electron chi connectivity index (χ3n) is 4.36. The second-order valence-corrected chi connectivity index (χ2v) is 4.99. The van der Waals surface area contributed by atoms with E-state index in [0.717, 1.165) is 6.54 Å². The van der Waals surface area contributed by atoms with Crippen LogP contribution in [-0.4, -0.2) is 30.8 Å². The summed E-state index contributed by atoms with van der Waals surface area (Å²) >= 11 is 0. The van der Waals surface area contributed by atoms with Crippen molar-refractivity contribution in [2.24, 2.45) is 17.1 Å². The first kappa shape index (κ1) is 10.3. The van der Waals surface area contributed by atoms with Crippen molar-refractivity contribution in [3.63, 3.8) is 0 Å². The Labute approximate surface area is 95.7 Å². The maximum Gasteiger partial charge on any atom is 0.0742 e. The van der Waals surface area contributed by atoms with Crippen LogP contribution in [0.1, 0.15) is 11.5 Å². The van der Waals surface area contributed by atoms with Gasteiger partial charge in [0.15, 0.2) is 0 Å². The molecule has 1 saturated carbocycles. The van der Waals surface area contributed by atoms with Gasteiger partial charge in [-0.15, -0.1) is 0 Å². The van der Waals surface area contributed by atoms with E-state index in [0.29, 0.717) is 24.9 Å². The molecule has 2 aliphatic rings. The molecule has 16 heavy (non-hydrogen) atoms. The molecule has 1 aromatic carbocycles. The molecule has 1 aliphatic carbocycles. The summed E-state index contributed by atoms with van der Waals surface area (Å²) in [6.45, 7) is 2.27. The monoisotopic (exact) mass is 218 g/mol. The largest absolute Gasteiger partial charge is 0.391 e. The van der Waals surface area contributed by atoms with Gasteiger partial charge in [0, 0.05) is 18.5 Å². The van der Waals surface area contributed by atoms with Gasteiger partial charge >= 0.3 is 0 Å². The number of β-amino-alcohol motifs (C(OH)–C–C–N with tert-alkyl or cyclic N) is 1. The van der Waals surface area contributed by atoms with Gasteiger partial charge in [0.1, 0.15) is 0 Å². The van der Waals surface area contributed by atoms with E-state index in [4.69, 9.17) is 5.73 Å². The summed E-state index contributed by atoms with van der Waals surface area (Å²) in [6, 6.07) is 10.4. The molecule has 0 amide bonds. The van der Waals surface area contributed by atoms with Gasteiger partial charge in [-0.3, -0.25) is 0 Å². The molecule has 1 aromatic rings. The van der Waals surface area contributed by atoms with Crippen molar-refractivity contribution in [3.8, 4) is 0 Å². The molecule has 3 nitrogen and oxygen atoms in total. The third kappa shape index (κ3) is 1.19. The minimum absolute atomic E-state index is 0.0100. The molecule has 3 rings (SSSR count). The normalized spacial score (nSPS) is 41.5. The molecule has 0 unspecified atom stereocenters. The van der Waals surface area contributed by atoms with Gasteiger partial charge in [0.2, 0.25) is 0 Å². The van der Waals surface area contributed by atoms with Crippen LogP contribution in [0.2, 0.25) is 0 Å². The van der Waals surface area contributed by atoms with Crippen molar-refractivity contribution in [2.75, 3.05) is 19.6 Å². The number of aliphatic hydroxyl groups is 1. The summed E-state index contributed by atoms with van der Waals surface area (Å²) < 4.78 is 0. The minimum Gasteiger partial charge on any atom is -0.391 e. The molecule has 2 fully saturated rings. The van der Waals surface area contributed by atoms with Crippen molar-refractivity contribution in [2.45, 2.75) is 12.0 Å². The zero-order chi connectivity index (χ0) is 11.2. The molecular formula is C13H18N2O. The average Bonchev–Trinajstić information content (AvgIpc) is 2.84. The predicted molar refractivity (Wildman–Crippen MR) is 63.0 cm³/mol. The van der Waals surface area contributed by atoms with E-state index in [-0.39, 0.29) is 11.5 Å². The lowest BCUT2D eigenvalue weighted by atomic mass is 9.95. The SMILES string of the molecule is NC[C@@H]1[C@@H](c2ccccc2)[C@]12CNC[C@H]2O. The van der Waals surface area contributed by atoms with Crippen LogP contribution in [0.25, 0.3) is 0 Å². The Morgan fingerprint density at radius 2 is 2.12 bits per heavy atom. The molecule has 0 aromatic heterocycles. The number of nitrogens with one attached hydrogen (secondary N) is 1. The molecule has 0 radical (unpaired) electrons. The van der Waals surface area contributed by atoms with Gasteiger partial charge in [-0.2, -0.15) is 0 Å². The first-order chi connectivity index (χ1) is 7.80. The van der Waals surface area contributed by atoms with Gasteiger partial charge in [0.25, 0.3) is 0 Å². The zero-order valence-electron chi connectivity index (χ0n) is 9.26. The molecule has 86 valence electrons. The number of nitrogens with two attached hydrogens (primary N) is 1. The minimum atomic E-state index is -0.244. The molecule has 0 bridgehead atoms. The van der Waals surface area contributed by atoms with Crippen LogP contribution in [0.5, 0.6) is 0 Å². The number of rotatable bonds is 2. The van der Waals surface area contributed by atoms with Crippen molar-refractivity contribution in [3.05, 3.63) is 35.9 Å². The summed E-state index contributed by atoms with van der Waals surface area (Å²) in [5, 5.41) is 13.4. The van der Waals surface area contributed by atoms with E-state index in [1.165, 1.54) is 5.56 Å². The van der Waals surface area contributed by atoms with E-state index >= 15 is 0 Å². The van der Waals surface area contributed by atoms with Gasteiger partial charge in [-0.25, -0.2) is 0 Å². The number of hydrogen-bond donors (Lipinski definition) is 3. The maximum absolute atomic E-state index is 10.1. The van der Waals surface area contributed by atoms with Crippen LogP contribution >= 0.6 is 0 Å². The molecule has 1 spiro atoms. The van der Waals surface area contributed by atoms with E-state index in [1.807, 2.05) is 6.07 Å². The maximum atomic E-state index is 10.1. The fraction of sp³-hybridized carbons (Fsp3) is 0.538. The van der Waals surface area contributed by atoms with Crippen LogP contribution in [0.4, 0.5) is 0 Å². The van der Waals surface area contributed by atoms with Crippen LogP contribution < -0.4 is 11.1 Å². The lowest BCUT2D eigenvalue weighted by Gasteiger charge is -2.14. The summed E-state index contributed by atoms with van der Waals surface area (Å²) in [4.78, 5) is 0. The van der Waals surface area contributed by atoms with Crippen molar-refractivity contribution < 1.29 is 5.11 Å². The highest BCUT2D eigenvalue weighted by molar-refractivity contribution is 5.36. The third-order valence-corrected chi connectivity index (χ3v) is 4.36. The lowest BCUT2D eigenvalue weighted by molar-refractivity contribution is 0.124. The number of hydrogen-bond acceptors (Lipinski definition) is 3. The highest BCUT2D eigenvalue weighted by atomic mass is 16.3. The fourth-order valence-electron chi connectivity index (χ4n) is 3.53. The molecular weight excluding hydrogens is 200 g/mol. The first-order valence-corrected chi connectivity index (χ1v) is 5.94. The molecule has 4 N–H and O–H groups in total. The predicted octanol–water partition coefficient (Wildman–Crippen LogP) is 0.309. The smallest absolute Gasteiger partial charge is 0.0742 e. The Morgan fingerprint density at radius 3 is 2.69 bits per heavy atom. The van der Waals surface area contributed by atoms with Crippen molar-refractivity contribution >= 4 is 0 Å². The Kier molecular flexibility index (Phi) is 2.28. The Hall–Kier alpha value is -0.900. The van der Waals surface area contributed by atoms with E-state index in [2.05, 4.69) is 29.6 Å². The Morgan fingerprint density at radius 1 is 1.38 bits per heavy atom. The van der Waals surface area contributed by atoms with Gasteiger partial charge in [-0.1, -0.05) is 30.3 Å². The lowest BCUT2D eigenvalue weighted by Crippen LogP contribution is -2.24. The summed E-state index contributed by atoms with van der Waals surface area (Å²) in [5.41, 5.74) is 7.17. The standard InChI is InChI=1S/C13H18N2O/c14-6-10-12(9-4-2-1-3-5-9)13(10)8-15-7-11(13)16/h1-5,10-12,15-16H,6-8,14H2/t10-,11-,12-,13-/m1/s1. The number of benzene rings is 1. The Balaban J connectivity index is 1.93. The van der Waals surface area contributed by atoms with E-state index in [1.54, 1.807) is 0 Å². The molecule has 4 atom stereocenters. The summed E-state index contributed by atoms with van der Waals surface area (Å²) in [7, 11) is 0. The summed E-state index contributed by atoms with van der Waals surface area (Å²) in [5.74, 6) is 0.864. The summed E-state index contributed by atoms with van der Waals surface area (Å²) in [6.07, 6.45) is -0.244. The van der Waals surface area contributed by atoms with Crippen LogP contribution in [0.3, 0.4) is 0 Å². The average molecular weight is 218 g/mol. The van der Waals surface area contributed by atoms with E-state index in [9.17, 15) is 5.11 Å². The topological polar surface area (TPSA) is 58.3 Å². The number of aliphatic hydroxyl groups excluding tert-OH is 1. The van der Waals surface area contributed by atoms with Crippen LogP contribution in [0.15, 0.2) is 30.3 Å². The zero-order valence-corrected chi connectivity index (χ0v) is 9.26. The van der Waals surface area contributed by atoms with Gasteiger partial charge in [0.05, 0.1) is 6.10 Å². The van der Waals surface area contributed by atoms with Crippen LogP contribution in [0, 0.1) is 11.3 Å². The highest BCUT2D eigenvalue weighted by Gasteiger charge is 2.69.